The molecule has 4 rings (SSSR count). The average molecular weight is 352 g/mol. The largest absolute Gasteiger partial charge is 0.456 e. The number of tetrazole rings is 1. The summed E-state index contributed by atoms with van der Waals surface area (Å²) in [6, 6.07) is 13.4. The molecule has 3 heterocycles. The van der Waals surface area contributed by atoms with Gasteiger partial charge in [-0.2, -0.15) is 4.68 Å². The predicted octanol–water partition coefficient (Wildman–Crippen LogP) is 1.96. The summed E-state index contributed by atoms with van der Waals surface area (Å²) >= 11 is 0. The monoisotopic (exact) mass is 352 g/mol. The summed E-state index contributed by atoms with van der Waals surface area (Å²) in [5, 5.41) is 15.1. The first-order valence-corrected chi connectivity index (χ1v) is 8.67. The number of amides is 1. The zero-order valence-corrected chi connectivity index (χ0v) is 14.5. The van der Waals surface area contributed by atoms with Crippen molar-refractivity contribution in [3.8, 4) is 5.69 Å². The summed E-state index contributed by atoms with van der Waals surface area (Å²) in [4.78, 5) is 14.4. The molecule has 0 aliphatic carbocycles. The number of nitrogens with zero attached hydrogens (tertiary/aromatic N) is 5. The lowest BCUT2D eigenvalue weighted by Gasteiger charge is -2.32. The lowest BCUT2D eigenvalue weighted by molar-refractivity contribution is 0.0901. The standard InChI is InChI=1S/C18H20N6O2/c1-13-7-8-16(26-13)17(25)19-14-9-11-23(12-10-14)18-20-21-22-24(18)15-5-3-2-4-6-15/h2-8,14H,9-12H2,1H3,(H,19,25). The van der Waals surface area contributed by atoms with E-state index in [1.165, 1.54) is 0 Å². The smallest absolute Gasteiger partial charge is 0.287 e. The summed E-state index contributed by atoms with van der Waals surface area (Å²) in [6.45, 7) is 3.37. The zero-order chi connectivity index (χ0) is 17.9. The van der Waals surface area contributed by atoms with E-state index in [9.17, 15) is 4.79 Å². The van der Waals surface area contributed by atoms with E-state index in [2.05, 4.69) is 25.7 Å². The van der Waals surface area contributed by atoms with Crippen molar-refractivity contribution in [1.29, 1.82) is 0 Å². The van der Waals surface area contributed by atoms with Crippen LogP contribution in [0.15, 0.2) is 46.9 Å². The van der Waals surface area contributed by atoms with Gasteiger partial charge in [-0.25, -0.2) is 0 Å². The quantitative estimate of drug-likeness (QED) is 0.772. The molecule has 1 saturated heterocycles. The van der Waals surface area contributed by atoms with Crippen LogP contribution < -0.4 is 10.2 Å². The third kappa shape index (κ3) is 3.30. The van der Waals surface area contributed by atoms with Gasteiger partial charge in [-0.15, -0.1) is 0 Å². The number of carbonyl (C=O) groups is 1. The van der Waals surface area contributed by atoms with Crippen molar-refractivity contribution in [2.45, 2.75) is 25.8 Å². The van der Waals surface area contributed by atoms with E-state index in [1.54, 1.807) is 16.8 Å². The first-order chi connectivity index (χ1) is 12.7. The van der Waals surface area contributed by atoms with Gasteiger partial charge in [0.2, 0.25) is 5.95 Å². The number of nitrogens with one attached hydrogen (secondary N) is 1. The molecule has 0 radical (unpaired) electrons. The van der Waals surface area contributed by atoms with Gasteiger partial charge in [-0.05, 0) is 54.5 Å². The molecule has 134 valence electrons. The molecule has 0 bridgehead atoms. The van der Waals surface area contributed by atoms with Crippen LogP contribution in [-0.4, -0.2) is 45.2 Å². The van der Waals surface area contributed by atoms with E-state index >= 15 is 0 Å². The Bertz CT molecular complexity index is 880. The van der Waals surface area contributed by atoms with Crippen LogP contribution in [0.4, 0.5) is 5.95 Å². The van der Waals surface area contributed by atoms with Crippen LogP contribution in [0.25, 0.3) is 5.69 Å². The van der Waals surface area contributed by atoms with Crippen molar-refractivity contribution in [3.05, 3.63) is 54.0 Å². The number of rotatable bonds is 4. The Morgan fingerprint density at radius 1 is 1.15 bits per heavy atom. The maximum absolute atomic E-state index is 12.2. The van der Waals surface area contributed by atoms with Gasteiger partial charge in [0.05, 0.1) is 5.69 Å². The fraction of sp³-hybridized carbons (Fsp3) is 0.333. The molecule has 3 aromatic rings. The first-order valence-electron chi connectivity index (χ1n) is 8.67. The highest BCUT2D eigenvalue weighted by molar-refractivity contribution is 5.91. The van der Waals surface area contributed by atoms with Crippen molar-refractivity contribution in [1.82, 2.24) is 25.5 Å². The highest BCUT2D eigenvalue weighted by atomic mass is 16.3. The van der Waals surface area contributed by atoms with Crippen LogP contribution in [0.5, 0.6) is 0 Å². The molecule has 0 atom stereocenters. The molecular weight excluding hydrogens is 332 g/mol. The molecule has 8 nitrogen and oxygen atoms in total. The summed E-state index contributed by atoms with van der Waals surface area (Å²) in [5.74, 6) is 1.66. The number of anilines is 1. The van der Waals surface area contributed by atoms with Gasteiger partial charge in [0.25, 0.3) is 5.91 Å². The van der Waals surface area contributed by atoms with Crippen LogP contribution in [-0.2, 0) is 0 Å². The number of hydrogen-bond acceptors (Lipinski definition) is 6. The van der Waals surface area contributed by atoms with Crippen LogP contribution in [0.3, 0.4) is 0 Å². The number of furan rings is 1. The SMILES string of the molecule is Cc1ccc(C(=O)NC2CCN(c3nnnn3-c3ccccc3)CC2)o1. The minimum atomic E-state index is -0.161. The highest BCUT2D eigenvalue weighted by Crippen LogP contribution is 2.20. The molecule has 1 N–H and O–H groups in total. The van der Waals surface area contributed by atoms with E-state index in [0.717, 1.165) is 43.3 Å². The van der Waals surface area contributed by atoms with Crippen molar-refractivity contribution < 1.29 is 9.21 Å². The molecule has 2 aromatic heterocycles. The van der Waals surface area contributed by atoms with E-state index in [0.29, 0.717) is 5.76 Å². The summed E-state index contributed by atoms with van der Waals surface area (Å²) < 4.78 is 7.12. The maximum atomic E-state index is 12.2. The van der Waals surface area contributed by atoms with Gasteiger partial charge in [0, 0.05) is 19.1 Å². The molecule has 1 aliphatic heterocycles. The van der Waals surface area contributed by atoms with Crippen LogP contribution in [0.2, 0.25) is 0 Å². The van der Waals surface area contributed by atoms with Gasteiger partial charge >= 0.3 is 0 Å². The van der Waals surface area contributed by atoms with Crippen LogP contribution in [0.1, 0.15) is 29.2 Å². The third-order valence-corrected chi connectivity index (χ3v) is 4.53. The molecule has 26 heavy (non-hydrogen) atoms. The highest BCUT2D eigenvalue weighted by Gasteiger charge is 2.25. The second kappa shape index (κ2) is 6.99. The van der Waals surface area contributed by atoms with Crippen molar-refractivity contribution >= 4 is 11.9 Å². The molecule has 1 fully saturated rings. The van der Waals surface area contributed by atoms with E-state index in [1.807, 2.05) is 37.3 Å². The number of para-hydroxylation sites is 1. The second-order valence-corrected chi connectivity index (χ2v) is 6.37. The number of aromatic nitrogens is 4. The fourth-order valence-corrected chi connectivity index (χ4v) is 3.15. The Kier molecular flexibility index (Phi) is 4.39. The Labute approximate surface area is 150 Å². The Hall–Kier alpha value is -3.16. The normalized spacial score (nSPS) is 15.2. The zero-order valence-electron chi connectivity index (χ0n) is 14.5. The van der Waals surface area contributed by atoms with E-state index < -0.39 is 0 Å². The third-order valence-electron chi connectivity index (χ3n) is 4.53. The fourth-order valence-electron chi connectivity index (χ4n) is 3.15. The summed E-state index contributed by atoms with van der Waals surface area (Å²) in [6.07, 6.45) is 1.65. The number of benzene rings is 1. The predicted molar refractivity (Wildman–Crippen MR) is 95.3 cm³/mol. The molecule has 0 spiro atoms. The first kappa shape index (κ1) is 16.3. The average Bonchev–Trinajstić information content (AvgIpc) is 3.32. The Balaban J connectivity index is 1.39. The topological polar surface area (TPSA) is 89.1 Å². The van der Waals surface area contributed by atoms with Crippen molar-refractivity contribution in [2.24, 2.45) is 0 Å². The van der Waals surface area contributed by atoms with E-state index in [-0.39, 0.29) is 11.9 Å². The summed E-state index contributed by atoms with van der Waals surface area (Å²) in [5.41, 5.74) is 0.927. The van der Waals surface area contributed by atoms with Gasteiger partial charge in [-0.1, -0.05) is 23.3 Å². The lowest BCUT2D eigenvalue weighted by Crippen LogP contribution is -2.45. The number of piperidine rings is 1. The maximum Gasteiger partial charge on any atom is 0.287 e. The van der Waals surface area contributed by atoms with E-state index in [4.69, 9.17) is 4.42 Å². The molecule has 1 aliphatic rings. The number of hydrogen-bond donors (Lipinski definition) is 1. The lowest BCUT2D eigenvalue weighted by atomic mass is 10.1. The van der Waals surface area contributed by atoms with Crippen LogP contribution in [0, 0.1) is 6.92 Å². The van der Waals surface area contributed by atoms with Crippen LogP contribution >= 0.6 is 0 Å². The van der Waals surface area contributed by atoms with Gasteiger partial charge in [-0.3, -0.25) is 4.79 Å². The van der Waals surface area contributed by atoms with Crippen molar-refractivity contribution in [3.63, 3.8) is 0 Å². The number of aryl methyl sites for hydroxylation is 1. The molecular formula is C18H20N6O2. The molecule has 1 aromatic carbocycles. The van der Waals surface area contributed by atoms with Crippen molar-refractivity contribution in [2.75, 3.05) is 18.0 Å². The van der Waals surface area contributed by atoms with Gasteiger partial charge in [0.1, 0.15) is 5.76 Å². The molecule has 0 unspecified atom stereocenters. The molecule has 1 amide bonds. The van der Waals surface area contributed by atoms with Gasteiger partial charge < -0.3 is 14.6 Å². The minimum absolute atomic E-state index is 0.116. The van der Waals surface area contributed by atoms with Gasteiger partial charge in [0.15, 0.2) is 5.76 Å². The Morgan fingerprint density at radius 3 is 2.62 bits per heavy atom. The molecule has 8 heteroatoms. The second-order valence-electron chi connectivity index (χ2n) is 6.37. The Morgan fingerprint density at radius 2 is 1.92 bits per heavy atom. The number of carbonyl (C=O) groups excluding carboxylic acids is 1. The summed E-state index contributed by atoms with van der Waals surface area (Å²) in [7, 11) is 0. The minimum Gasteiger partial charge on any atom is -0.456 e. The molecule has 0 saturated carbocycles.